The van der Waals surface area contributed by atoms with Crippen LogP contribution in [-0.2, 0) is 4.79 Å². The summed E-state index contributed by atoms with van der Waals surface area (Å²) >= 11 is 0. The SMILES string of the molecule is NC(C(=O)Nc1ccc(-c2ccc(=O)[nH]n2)c(F)c1)C(c1ccccc1)c1ccccc1. The van der Waals surface area contributed by atoms with Crippen LogP contribution in [0.25, 0.3) is 11.3 Å². The van der Waals surface area contributed by atoms with Crippen LogP contribution in [0.3, 0.4) is 0 Å². The molecular weight excluding hydrogens is 407 g/mol. The summed E-state index contributed by atoms with van der Waals surface area (Å²) in [7, 11) is 0. The molecule has 0 radical (unpaired) electrons. The van der Waals surface area contributed by atoms with Gasteiger partial charge in [0.1, 0.15) is 5.82 Å². The third-order valence-corrected chi connectivity index (χ3v) is 5.17. The van der Waals surface area contributed by atoms with Crippen molar-refractivity contribution < 1.29 is 9.18 Å². The lowest BCUT2D eigenvalue weighted by Crippen LogP contribution is -2.41. The van der Waals surface area contributed by atoms with Gasteiger partial charge in [0, 0.05) is 23.2 Å². The number of rotatable bonds is 6. The molecule has 1 unspecified atom stereocenters. The molecule has 32 heavy (non-hydrogen) atoms. The quantitative estimate of drug-likeness (QED) is 0.436. The van der Waals surface area contributed by atoms with Crippen molar-refractivity contribution in [3.8, 4) is 11.3 Å². The average molecular weight is 428 g/mol. The van der Waals surface area contributed by atoms with Crippen molar-refractivity contribution in [2.24, 2.45) is 5.73 Å². The summed E-state index contributed by atoms with van der Waals surface area (Å²) in [6, 6.07) is 25.2. The highest BCUT2D eigenvalue weighted by molar-refractivity contribution is 5.96. The topological polar surface area (TPSA) is 101 Å². The summed E-state index contributed by atoms with van der Waals surface area (Å²) in [5.74, 6) is -1.39. The zero-order chi connectivity index (χ0) is 22.5. The first-order valence-electron chi connectivity index (χ1n) is 10.0. The normalized spacial score (nSPS) is 11.8. The lowest BCUT2D eigenvalue weighted by molar-refractivity contribution is -0.117. The monoisotopic (exact) mass is 428 g/mol. The number of hydrogen-bond donors (Lipinski definition) is 3. The fraction of sp³-hybridized carbons (Fsp3) is 0.0800. The molecule has 1 atom stereocenters. The maximum Gasteiger partial charge on any atom is 0.264 e. The maximum atomic E-state index is 14.7. The molecule has 0 aliphatic heterocycles. The zero-order valence-corrected chi connectivity index (χ0v) is 17.0. The van der Waals surface area contributed by atoms with Crippen LogP contribution in [0.15, 0.2) is 95.8 Å². The van der Waals surface area contributed by atoms with E-state index >= 15 is 0 Å². The molecule has 1 amide bonds. The number of amides is 1. The van der Waals surface area contributed by atoms with Gasteiger partial charge in [-0.25, -0.2) is 9.49 Å². The molecule has 3 aromatic carbocycles. The summed E-state index contributed by atoms with van der Waals surface area (Å²) in [6.07, 6.45) is 0. The molecule has 0 fully saturated rings. The molecule has 0 spiro atoms. The van der Waals surface area contributed by atoms with E-state index in [9.17, 15) is 14.0 Å². The molecule has 1 aromatic heterocycles. The van der Waals surface area contributed by atoms with Crippen LogP contribution < -0.4 is 16.6 Å². The van der Waals surface area contributed by atoms with Crippen LogP contribution >= 0.6 is 0 Å². The van der Waals surface area contributed by atoms with E-state index in [1.54, 1.807) is 6.07 Å². The van der Waals surface area contributed by atoms with Crippen molar-refractivity contribution in [3.05, 3.63) is 118 Å². The molecule has 0 aliphatic carbocycles. The van der Waals surface area contributed by atoms with Gasteiger partial charge in [-0.15, -0.1) is 0 Å². The van der Waals surface area contributed by atoms with E-state index < -0.39 is 17.8 Å². The molecule has 4 rings (SSSR count). The van der Waals surface area contributed by atoms with E-state index in [1.165, 1.54) is 24.3 Å². The van der Waals surface area contributed by atoms with E-state index in [1.807, 2.05) is 60.7 Å². The minimum Gasteiger partial charge on any atom is -0.325 e. The number of halogens is 1. The second-order valence-electron chi connectivity index (χ2n) is 7.32. The average Bonchev–Trinajstić information content (AvgIpc) is 2.81. The predicted octanol–water partition coefficient (Wildman–Crippen LogP) is 3.67. The van der Waals surface area contributed by atoms with Crippen molar-refractivity contribution in [1.82, 2.24) is 10.2 Å². The number of benzene rings is 3. The van der Waals surface area contributed by atoms with Crippen molar-refractivity contribution in [2.75, 3.05) is 5.32 Å². The van der Waals surface area contributed by atoms with Crippen LogP contribution in [0.2, 0.25) is 0 Å². The Kier molecular flexibility index (Phi) is 6.19. The van der Waals surface area contributed by atoms with E-state index in [-0.39, 0.29) is 28.4 Å². The first kappa shape index (κ1) is 21.1. The highest BCUT2D eigenvalue weighted by atomic mass is 19.1. The van der Waals surface area contributed by atoms with Gasteiger partial charge in [-0.05, 0) is 35.4 Å². The summed E-state index contributed by atoms with van der Waals surface area (Å²) in [5, 5.41) is 8.81. The highest BCUT2D eigenvalue weighted by Gasteiger charge is 2.28. The lowest BCUT2D eigenvalue weighted by Gasteiger charge is -2.24. The van der Waals surface area contributed by atoms with Crippen molar-refractivity contribution in [3.63, 3.8) is 0 Å². The van der Waals surface area contributed by atoms with Gasteiger partial charge in [0.25, 0.3) is 5.56 Å². The van der Waals surface area contributed by atoms with E-state index in [2.05, 4.69) is 15.5 Å². The Labute approximate surface area is 183 Å². The number of carbonyl (C=O) groups is 1. The molecule has 4 aromatic rings. The molecular formula is C25H21FN4O2. The van der Waals surface area contributed by atoms with Crippen LogP contribution in [0, 0.1) is 5.82 Å². The summed E-state index contributed by atoms with van der Waals surface area (Å²) < 4.78 is 14.7. The van der Waals surface area contributed by atoms with Gasteiger partial charge >= 0.3 is 0 Å². The van der Waals surface area contributed by atoms with Gasteiger partial charge in [-0.3, -0.25) is 9.59 Å². The number of H-pyrrole nitrogens is 1. The Hall–Kier alpha value is -4.10. The molecule has 160 valence electrons. The Morgan fingerprint density at radius 3 is 2.06 bits per heavy atom. The smallest absolute Gasteiger partial charge is 0.264 e. The minimum absolute atomic E-state index is 0.204. The summed E-state index contributed by atoms with van der Waals surface area (Å²) in [5.41, 5.74) is 8.60. The number of nitrogens with one attached hydrogen (secondary N) is 2. The first-order chi connectivity index (χ1) is 15.5. The van der Waals surface area contributed by atoms with Crippen LogP contribution in [0.4, 0.5) is 10.1 Å². The Balaban J connectivity index is 1.57. The summed E-state index contributed by atoms with van der Waals surface area (Å²) in [4.78, 5) is 24.2. The standard InChI is InChI=1S/C25H21FN4O2/c26-20-15-18(11-12-19(20)21-13-14-22(31)30-29-21)28-25(32)24(27)23(16-7-3-1-4-8-16)17-9-5-2-6-10-17/h1-15,23-24H,27H2,(H,28,32)(H,30,31). The van der Waals surface area contributed by atoms with Crippen LogP contribution in [0.1, 0.15) is 17.0 Å². The van der Waals surface area contributed by atoms with E-state index in [4.69, 9.17) is 5.73 Å². The minimum atomic E-state index is -0.900. The Bertz CT molecular complexity index is 1220. The third kappa shape index (κ3) is 4.63. The fourth-order valence-corrected chi connectivity index (χ4v) is 3.60. The van der Waals surface area contributed by atoms with E-state index in [0.717, 1.165) is 11.1 Å². The van der Waals surface area contributed by atoms with Crippen LogP contribution in [-0.4, -0.2) is 22.1 Å². The fourth-order valence-electron chi connectivity index (χ4n) is 3.60. The number of anilines is 1. The molecule has 0 bridgehead atoms. The summed E-state index contributed by atoms with van der Waals surface area (Å²) in [6.45, 7) is 0. The molecule has 6 nitrogen and oxygen atoms in total. The largest absolute Gasteiger partial charge is 0.325 e. The van der Waals surface area contributed by atoms with Crippen molar-refractivity contribution >= 4 is 11.6 Å². The van der Waals surface area contributed by atoms with Gasteiger partial charge in [0.2, 0.25) is 5.91 Å². The van der Waals surface area contributed by atoms with Crippen molar-refractivity contribution in [2.45, 2.75) is 12.0 Å². The van der Waals surface area contributed by atoms with Crippen LogP contribution in [0.5, 0.6) is 0 Å². The molecule has 7 heteroatoms. The predicted molar refractivity (Wildman–Crippen MR) is 122 cm³/mol. The second kappa shape index (κ2) is 9.36. The number of nitrogens with two attached hydrogens (primary N) is 1. The first-order valence-corrected chi connectivity index (χ1v) is 10.0. The maximum absolute atomic E-state index is 14.7. The Morgan fingerprint density at radius 2 is 1.53 bits per heavy atom. The number of hydrogen-bond acceptors (Lipinski definition) is 4. The van der Waals surface area contributed by atoms with Gasteiger partial charge in [0.15, 0.2) is 0 Å². The molecule has 0 saturated carbocycles. The number of aromatic amines is 1. The lowest BCUT2D eigenvalue weighted by atomic mass is 9.85. The molecule has 4 N–H and O–H groups in total. The second-order valence-corrected chi connectivity index (χ2v) is 7.32. The van der Waals surface area contributed by atoms with Gasteiger partial charge in [-0.2, -0.15) is 5.10 Å². The van der Waals surface area contributed by atoms with E-state index in [0.29, 0.717) is 0 Å². The van der Waals surface area contributed by atoms with Gasteiger partial charge in [-0.1, -0.05) is 60.7 Å². The third-order valence-electron chi connectivity index (χ3n) is 5.17. The van der Waals surface area contributed by atoms with Crippen molar-refractivity contribution in [1.29, 1.82) is 0 Å². The molecule has 0 aliphatic rings. The highest BCUT2D eigenvalue weighted by Crippen LogP contribution is 2.28. The number of nitrogens with zero attached hydrogens (tertiary/aromatic N) is 1. The van der Waals surface area contributed by atoms with Gasteiger partial charge < -0.3 is 11.1 Å². The molecule has 0 saturated heterocycles. The Morgan fingerprint density at radius 1 is 0.906 bits per heavy atom. The van der Waals surface area contributed by atoms with Gasteiger partial charge in [0.05, 0.1) is 11.7 Å². The zero-order valence-electron chi connectivity index (χ0n) is 17.0. The number of aromatic nitrogens is 2. The number of carbonyl (C=O) groups excluding carboxylic acids is 1. The molecule has 1 heterocycles.